The number of nitrogens with one attached hydrogen (secondary N) is 1. The van der Waals surface area contributed by atoms with Crippen LogP contribution in [0.3, 0.4) is 0 Å². The van der Waals surface area contributed by atoms with Crippen LogP contribution in [0.25, 0.3) is 33.3 Å². The zero-order valence-electron chi connectivity index (χ0n) is 17.8. The van der Waals surface area contributed by atoms with Crippen molar-refractivity contribution in [1.29, 1.82) is 0 Å². The highest BCUT2D eigenvalue weighted by Gasteiger charge is 2.30. The molecule has 4 aromatic carbocycles. The SMILES string of the molecule is CC(C)(Oc1ccccc1)C(=O)Nc1cccc(-c2nc3c(ccc4ccccc43)o2)c1. The maximum absolute atomic E-state index is 12.9. The van der Waals surface area contributed by atoms with Gasteiger partial charge in [0.25, 0.3) is 5.91 Å². The summed E-state index contributed by atoms with van der Waals surface area (Å²) in [5, 5.41) is 5.10. The summed E-state index contributed by atoms with van der Waals surface area (Å²) in [4.78, 5) is 17.6. The average molecular weight is 422 g/mol. The van der Waals surface area contributed by atoms with Crippen molar-refractivity contribution in [2.75, 3.05) is 5.32 Å². The van der Waals surface area contributed by atoms with Crippen molar-refractivity contribution >= 4 is 33.5 Å². The third kappa shape index (κ3) is 3.81. The monoisotopic (exact) mass is 422 g/mol. The van der Waals surface area contributed by atoms with Crippen molar-refractivity contribution in [3.8, 4) is 17.2 Å². The Balaban J connectivity index is 1.41. The maximum atomic E-state index is 12.9. The Labute approximate surface area is 185 Å². The van der Waals surface area contributed by atoms with E-state index in [2.05, 4.69) is 11.4 Å². The molecule has 0 unspecified atom stereocenters. The van der Waals surface area contributed by atoms with Crippen molar-refractivity contribution in [3.05, 3.63) is 91.0 Å². The van der Waals surface area contributed by atoms with E-state index in [1.54, 1.807) is 13.8 Å². The van der Waals surface area contributed by atoms with E-state index in [9.17, 15) is 4.79 Å². The minimum atomic E-state index is -1.05. The minimum absolute atomic E-state index is 0.248. The van der Waals surface area contributed by atoms with Crippen molar-refractivity contribution in [3.63, 3.8) is 0 Å². The Morgan fingerprint density at radius 1 is 0.906 bits per heavy atom. The lowest BCUT2D eigenvalue weighted by Crippen LogP contribution is -2.42. The van der Waals surface area contributed by atoms with Crippen LogP contribution in [-0.4, -0.2) is 16.5 Å². The largest absolute Gasteiger partial charge is 0.478 e. The summed E-state index contributed by atoms with van der Waals surface area (Å²) >= 11 is 0. The van der Waals surface area contributed by atoms with Crippen LogP contribution in [0, 0.1) is 0 Å². The normalized spacial score (nSPS) is 11.6. The zero-order chi connectivity index (χ0) is 22.1. The van der Waals surface area contributed by atoms with Gasteiger partial charge in [-0.1, -0.05) is 54.6 Å². The molecule has 0 atom stereocenters. The number of benzene rings is 4. The Kier molecular flexibility index (Phi) is 4.86. The van der Waals surface area contributed by atoms with Gasteiger partial charge in [0.05, 0.1) is 0 Å². The lowest BCUT2D eigenvalue weighted by Gasteiger charge is -2.25. The smallest absolute Gasteiger partial charge is 0.267 e. The summed E-state index contributed by atoms with van der Waals surface area (Å²) < 4.78 is 11.9. The summed E-state index contributed by atoms with van der Waals surface area (Å²) in [6, 6.07) is 28.8. The lowest BCUT2D eigenvalue weighted by molar-refractivity contribution is -0.128. The van der Waals surface area contributed by atoms with Gasteiger partial charge in [-0.2, -0.15) is 0 Å². The van der Waals surface area contributed by atoms with Gasteiger partial charge in [0.1, 0.15) is 11.3 Å². The predicted octanol–water partition coefficient (Wildman–Crippen LogP) is 6.44. The Hall–Kier alpha value is -4.12. The van der Waals surface area contributed by atoms with Crippen molar-refractivity contribution in [2.45, 2.75) is 19.4 Å². The first-order chi connectivity index (χ1) is 15.5. The predicted molar refractivity (Wildman–Crippen MR) is 127 cm³/mol. The Bertz CT molecular complexity index is 1420. The molecule has 0 saturated carbocycles. The number of carbonyl (C=O) groups excluding carboxylic acids is 1. The molecule has 5 rings (SSSR count). The van der Waals surface area contributed by atoms with E-state index >= 15 is 0 Å². The number of nitrogens with zero attached hydrogens (tertiary/aromatic N) is 1. The number of hydrogen-bond donors (Lipinski definition) is 1. The highest BCUT2D eigenvalue weighted by atomic mass is 16.5. The van der Waals surface area contributed by atoms with Crippen molar-refractivity contribution < 1.29 is 13.9 Å². The van der Waals surface area contributed by atoms with Crippen LogP contribution in [0.5, 0.6) is 5.75 Å². The fourth-order valence-corrected chi connectivity index (χ4v) is 3.63. The van der Waals surface area contributed by atoms with E-state index in [4.69, 9.17) is 14.1 Å². The van der Waals surface area contributed by atoms with Crippen LogP contribution in [0.2, 0.25) is 0 Å². The molecule has 5 nitrogen and oxygen atoms in total. The molecular formula is C27H22N2O3. The molecule has 0 bridgehead atoms. The average Bonchev–Trinajstić information content (AvgIpc) is 3.25. The summed E-state index contributed by atoms with van der Waals surface area (Å²) in [6.07, 6.45) is 0. The molecule has 32 heavy (non-hydrogen) atoms. The molecule has 1 aromatic heterocycles. The molecule has 0 fully saturated rings. The number of ether oxygens (including phenoxy) is 1. The van der Waals surface area contributed by atoms with Crippen molar-refractivity contribution in [1.82, 2.24) is 4.98 Å². The van der Waals surface area contributed by atoms with E-state index in [1.165, 1.54) is 0 Å². The highest BCUT2D eigenvalue weighted by molar-refractivity contribution is 6.04. The van der Waals surface area contributed by atoms with Gasteiger partial charge >= 0.3 is 0 Å². The second-order valence-electron chi connectivity index (χ2n) is 8.11. The number of para-hydroxylation sites is 1. The first-order valence-electron chi connectivity index (χ1n) is 10.4. The first-order valence-corrected chi connectivity index (χ1v) is 10.4. The first kappa shape index (κ1) is 19.8. The Morgan fingerprint density at radius 3 is 2.53 bits per heavy atom. The van der Waals surface area contributed by atoms with Gasteiger partial charge in [0.2, 0.25) is 5.89 Å². The third-order valence-corrected chi connectivity index (χ3v) is 5.31. The van der Waals surface area contributed by atoms with Crippen molar-refractivity contribution in [2.24, 2.45) is 0 Å². The second kappa shape index (κ2) is 7.85. The molecule has 0 aliphatic carbocycles. The molecule has 0 aliphatic rings. The zero-order valence-corrected chi connectivity index (χ0v) is 17.8. The number of oxazole rings is 1. The van der Waals surface area contributed by atoms with Gasteiger partial charge in [0.15, 0.2) is 11.2 Å². The van der Waals surface area contributed by atoms with Crippen LogP contribution < -0.4 is 10.1 Å². The molecule has 5 heteroatoms. The standard InChI is InChI=1S/C27H22N2O3/c1-27(2,32-21-12-4-3-5-13-21)26(30)28-20-11-8-10-19(17-20)25-29-24-22-14-7-6-9-18(22)15-16-23(24)31-25/h3-17H,1-2H3,(H,28,30). The van der Waals surface area contributed by atoms with Gasteiger partial charge in [-0.15, -0.1) is 0 Å². The second-order valence-corrected chi connectivity index (χ2v) is 8.11. The highest BCUT2D eigenvalue weighted by Crippen LogP contribution is 2.31. The van der Waals surface area contributed by atoms with Crippen LogP contribution in [0.15, 0.2) is 95.4 Å². The molecule has 0 saturated heterocycles. The fourth-order valence-electron chi connectivity index (χ4n) is 3.63. The molecule has 0 spiro atoms. The molecule has 0 radical (unpaired) electrons. The molecule has 5 aromatic rings. The van der Waals surface area contributed by atoms with Gasteiger partial charge in [0, 0.05) is 16.6 Å². The summed E-state index contributed by atoms with van der Waals surface area (Å²) in [5.74, 6) is 0.898. The van der Waals surface area contributed by atoms with Gasteiger partial charge < -0.3 is 14.5 Å². The van der Waals surface area contributed by atoms with Gasteiger partial charge in [-0.25, -0.2) is 4.98 Å². The van der Waals surface area contributed by atoms with E-state index in [-0.39, 0.29) is 5.91 Å². The summed E-state index contributed by atoms with van der Waals surface area (Å²) in [6.45, 7) is 3.48. The number of aromatic nitrogens is 1. The molecule has 158 valence electrons. The Morgan fingerprint density at radius 2 is 1.69 bits per heavy atom. The van der Waals surface area contributed by atoms with Gasteiger partial charge in [-0.3, -0.25) is 4.79 Å². The molecule has 1 heterocycles. The number of rotatable bonds is 5. The van der Waals surface area contributed by atoms with E-state index in [0.29, 0.717) is 17.3 Å². The number of amides is 1. The summed E-state index contributed by atoms with van der Waals surface area (Å²) in [7, 11) is 0. The fraction of sp³-hybridized carbons (Fsp3) is 0.111. The van der Waals surface area contributed by atoms with Crippen LogP contribution in [-0.2, 0) is 4.79 Å². The van der Waals surface area contributed by atoms with E-state index in [1.807, 2.05) is 84.9 Å². The maximum Gasteiger partial charge on any atom is 0.267 e. The van der Waals surface area contributed by atoms with Crippen LogP contribution >= 0.6 is 0 Å². The van der Waals surface area contributed by atoms with E-state index in [0.717, 1.165) is 27.4 Å². The number of carbonyl (C=O) groups is 1. The number of fused-ring (bicyclic) bond motifs is 3. The lowest BCUT2D eigenvalue weighted by atomic mass is 10.1. The third-order valence-electron chi connectivity index (χ3n) is 5.31. The summed E-state index contributed by atoms with van der Waals surface area (Å²) in [5.41, 5.74) is 1.93. The molecule has 1 amide bonds. The number of hydrogen-bond acceptors (Lipinski definition) is 4. The topological polar surface area (TPSA) is 64.4 Å². The van der Waals surface area contributed by atoms with Crippen LogP contribution in [0.1, 0.15) is 13.8 Å². The van der Waals surface area contributed by atoms with Crippen LogP contribution in [0.4, 0.5) is 5.69 Å². The molecular weight excluding hydrogens is 400 g/mol. The van der Waals surface area contributed by atoms with Gasteiger partial charge in [-0.05, 0) is 55.6 Å². The molecule has 1 N–H and O–H groups in total. The quantitative estimate of drug-likeness (QED) is 0.354. The minimum Gasteiger partial charge on any atom is -0.478 e. The number of anilines is 1. The molecule has 0 aliphatic heterocycles. The van der Waals surface area contributed by atoms with E-state index < -0.39 is 5.60 Å².